The van der Waals surface area contributed by atoms with Gasteiger partial charge in [-0.1, -0.05) is 13.8 Å². The standard InChI is InChI=1S/C14H23N3O/c1-4-8-16-14(18)12-9-11(15)6-7-13(12)17-10(3)5-2/h6-7,9-10,17H,4-5,8,15H2,1-3H3,(H,16,18). The molecule has 1 unspecified atom stereocenters. The summed E-state index contributed by atoms with van der Waals surface area (Å²) < 4.78 is 0. The molecule has 4 N–H and O–H groups in total. The topological polar surface area (TPSA) is 67.2 Å². The van der Waals surface area contributed by atoms with E-state index in [1.165, 1.54) is 0 Å². The Bertz CT molecular complexity index is 404. The molecule has 1 amide bonds. The minimum atomic E-state index is -0.0741. The average molecular weight is 249 g/mol. The third-order valence-electron chi connectivity index (χ3n) is 2.84. The lowest BCUT2D eigenvalue weighted by Gasteiger charge is -2.17. The molecule has 4 heteroatoms. The molecule has 0 aliphatic rings. The van der Waals surface area contributed by atoms with Gasteiger partial charge in [-0.25, -0.2) is 0 Å². The monoisotopic (exact) mass is 249 g/mol. The third-order valence-corrected chi connectivity index (χ3v) is 2.84. The van der Waals surface area contributed by atoms with Gasteiger partial charge in [0.15, 0.2) is 0 Å². The van der Waals surface area contributed by atoms with Crippen LogP contribution < -0.4 is 16.4 Å². The predicted molar refractivity (Wildman–Crippen MR) is 76.9 cm³/mol. The van der Waals surface area contributed by atoms with Crippen molar-refractivity contribution in [2.45, 2.75) is 39.7 Å². The Hall–Kier alpha value is -1.71. The number of nitrogens with two attached hydrogens (primary N) is 1. The number of rotatable bonds is 6. The van der Waals surface area contributed by atoms with Crippen molar-refractivity contribution in [2.75, 3.05) is 17.6 Å². The summed E-state index contributed by atoms with van der Waals surface area (Å²) in [5, 5.41) is 6.20. The van der Waals surface area contributed by atoms with Crippen LogP contribution in [0.25, 0.3) is 0 Å². The van der Waals surface area contributed by atoms with Crippen molar-refractivity contribution >= 4 is 17.3 Å². The van der Waals surface area contributed by atoms with Crippen molar-refractivity contribution in [3.05, 3.63) is 23.8 Å². The Morgan fingerprint density at radius 1 is 1.39 bits per heavy atom. The molecule has 0 aromatic heterocycles. The van der Waals surface area contributed by atoms with Gasteiger partial charge in [-0.15, -0.1) is 0 Å². The maximum Gasteiger partial charge on any atom is 0.253 e. The van der Waals surface area contributed by atoms with Crippen molar-refractivity contribution in [2.24, 2.45) is 0 Å². The SMILES string of the molecule is CCCNC(=O)c1cc(N)ccc1NC(C)CC. The van der Waals surface area contributed by atoms with Gasteiger partial charge >= 0.3 is 0 Å². The average Bonchev–Trinajstić information content (AvgIpc) is 2.37. The summed E-state index contributed by atoms with van der Waals surface area (Å²) in [4.78, 5) is 12.0. The maximum atomic E-state index is 12.0. The highest BCUT2D eigenvalue weighted by molar-refractivity contribution is 6.00. The molecule has 0 aliphatic carbocycles. The van der Waals surface area contributed by atoms with Gasteiger partial charge in [-0.2, -0.15) is 0 Å². The van der Waals surface area contributed by atoms with E-state index in [0.717, 1.165) is 18.5 Å². The number of hydrogen-bond acceptors (Lipinski definition) is 3. The fraction of sp³-hybridized carbons (Fsp3) is 0.500. The summed E-state index contributed by atoms with van der Waals surface area (Å²) in [5.41, 5.74) is 7.81. The zero-order valence-corrected chi connectivity index (χ0v) is 11.4. The summed E-state index contributed by atoms with van der Waals surface area (Å²) in [5.74, 6) is -0.0741. The number of nitrogen functional groups attached to an aromatic ring is 1. The molecule has 4 nitrogen and oxygen atoms in total. The second kappa shape index (κ2) is 6.89. The smallest absolute Gasteiger partial charge is 0.253 e. The molecule has 0 heterocycles. The molecule has 0 saturated heterocycles. The Labute approximate surface area is 109 Å². The Balaban J connectivity index is 2.92. The molecule has 1 aromatic carbocycles. The molecule has 0 bridgehead atoms. The first-order chi connectivity index (χ1) is 8.58. The summed E-state index contributed by atoms with van der Waals surface area (Å²) in [6, 6.07) is 5.71. The molecule has 1 rings (SSSR count). The van der Waals surface area contributed by atoms with Crippen LogP contribution in [0.2, 0.25) is 0 Å². The van der Waals surface area contributed by atoms with Crippen LogP contribution in [-0.4, -0.2) is 18.5 Å². The van der Waals surface area contributed by atoms with Crippen molar-refractivity contribution in [1.29, 1.82) is 0 Å². The van der Waals surface area contributed by atoms with Crippen LogP contribution in [0.3, 0.4) is 0 Å². The molecule has 0 fully saturated rings. The van der Waals surface area contributed by atoms with Gasteiger partial charge in [0.1, 0.15) is 0 Å². The lowest BCUT2D eigenvalue weighted by molar-refractivity contribution is 0.0954. The number of carbonyl (C=O) groups excluding carboxylic acids is 1. The number of hydrogen-bond donors (Lipinski definition) is 3. The molecule has 1 atom stereocenters. The number of benzene rings is 1. The lowest BCUT2D eigenvalue weighted by Crippen LogP contribution is -2.26. The van der Waals surface area contributed by atoms with Crippen LogP contribution in [0.15, 0.2) is 18.2 Å². The van der Waals surface area contributed by atoms with Gasteiger partial charge in [0, 0.05) is 24.0 Å². The fourth-order valence-corrected chi connectivity index (χ4v) is 1.58. The largest absolute Gasteiger partial charge is 0.399 e. The molecule has 0 saturated carbocycles. The lowest BCUT2D eigenvalue weighted by atomic mass is 10.1. The van der Waals surface area contributed by atoms with E-state index in [4.69, 9.17) is 5.73 Å². The van der Waals surface area contributed by atoms with Crippen molar-refractivity contribution < 1.29 is 4.79 Å². The highest BCUT2D eigenvalue weighted by atomic mass is 16.1. The van der Waals surface area contributed by atoms with Gasteiger partial charge in [0.05, 0.1) is 5.56 Å². The zero-order valence-electron chi connectivity index (χ0n) is 11.4. The van der Waals surface area contributed by atoms with E-state index in [1.807, 2.05) is 13.0 Å². The highest BCUT2D eigenvalue weighted by Crippen LogP contribution is 2.20. The molecule has 0 radical (unpaired) electrons. The van der Waals surface area contributed by atoms with Crippen LogP contribution in [0.1, 0.15) is 44.0 Å². The molecular weight excluding hydrogens is 226 g/mol. The molecule has 100 valence electrons. The van der Waals surface area contributed by atoms with Crippen LogP contribution >= 0.6 is 0 Å². The summed E-state index contributed by atoms with van der Waals surface area (Å²) in [6.07, 6.45) is 1.92. The molecular formula is C14H23N3O. The van der Waals surface area contributed by atoms with Gasteiger partial charge in [0.2, 0.25) is 0 Å². The number of amides is 1. The van der Waals surface area contributed by atoms with Crippen molar-refractivity contribution in [3.63, 3.8) is 0 Å². The summed E-state index contributed by atoms with van der Waals surface area (Å²) in [6.45, 7) is 6.89. The van der Waals surface area contributed by atoms with E-state index in [0.29, 0.717) is 23.8 Å². The van der Waals surface area contributed by atoms with Gasteiger partial charge in [0.25, 0.3) is 5.91 Å². The predicted octanol–water partition coefficient (Wildman–Crippen LogP) is 2.62. The van der Waals surface area contributed by atoms with E-state index in [2.05, 4.69) is 24.5 Å². The maximum absolute atomic E-state index is 12.0. The first-order valence-corrected chi connectivity index (χ1v) is 6.52. The van der Waals surface area contributed by atoms with E-state index in [1.54, 1.807) is 12.1 Å². The van der Waals surface area contributed by atoms with Crippen LogP contribution in [-0.2, 0) is 0 Å². The van der Waals surface area contributed by atoms with Crippen LogP contribution in [0, 0.1) is 0 Å². The quantitative estimate of drug-likeness (QED) is 0.679. The normalized spacial score (nSPS) is 11.9. The second-order valence-corrected chi connectivity index (χ2v) is 4.51. The first-order valence-electron chi connectivity index (χ1n) is 6.52. The van der Waals surface area contributed by atoms with Crippen LogP contribution in [0.4, 0.5) is 11.4 Å². The minimum Gasteiger partial charge on any atom is -0.399 e. The first kappa shape index (κ1) is 14.4. The minimum absolute atomic E-state index is 0.0741. The molecule has 0 spiro atoms. The van der Waals surface area contributed by atoms with E-state index >= 15 is 0 Å². The van der Waals surface area contributed by atoms with Gasteiger partial charge in [-0.3, -0.25) is 4.79 Å². The van der Waals surface area contributed by atoms with Gasteiger partial charge in [-0.05, 0) is 38.0 Å². The number of nitrogens with one attached hydrogen (secondary N) is 2. The zero-order chi connectivity index (χ0) is 13.5. The number of anilines is 2. The third kappa shape index (κ3) is 3.95. The highest BCUT2D eigenvalue weighted by Gasteiger charge is 2.12. The second-order valence-electron chi connectivity index (χ2n) is 4.51. The van der Waals surface area contributed by atoms with E-state index in [9.17, 15) is 4.79 Å². The molecule has 18 heavy (non-hydrogen) atoms. The summed E-state index contributed by atoms with van der Waals surface area (Å²) in [7, 11) is 0. The van der Waals surface area contributed by atoms with Crippen molar-refractivity contribution in [3.8, 4) is 0 Å². The van der Waals surface area contributed by atoms with Gasteiger partial charge < -0.3 is 16.4 Å². The molecule has 0 aliphatic heterocycles. The van der Waals surface area contributed by atoms with Crippen molar-refractivity contribution in [1.82, 2.24) is 5.32 Å². The van der Waals surface area contributed by atoms with Crippen LogP contribution in [0.5, 0.6) is 0 Å². The molecule has 1 aromatic rings. The Morgan fingerprint density at radius 2 is 2.11 bits per heavy atom. The number of carbonyl (C=O) groups is 1. The Kier molecular flexibility index (Phi) is 5.49. The fourth-order valence-electron chi connectivity index (χ4n) is 1.58. The Morgan fingerprint density at radius 3 is 2.72 bits per heavy atom. The van der Waals surface area contributed by atoms with E-state index < -0.39 is 0 Å². The summed E-state index contributed by atoms with van der Waals surface area (Å²) >= 11 is 0. The van der Waals surface area contributed by atoms with E-state index in [-0.39, 0.29) is 5.91 Å².